The van der Waals surface area contributed by atoms with Gasteiger partial charge in [0.25, 0.3) is 0 Å². The lowest BCUT2D eigenvalue weighted by molar-refractivity contribution is -0.160. The predicted molar refractivity (Wildman–Crippen MR) is 114 cm³/mol. The molecule has 2 heterocycles. The molecule has 1 aromatic rings. The van der Waals surface area contributed by atoms with E-state index in [4.69, 9.17) is 18.9 Å². The fraction of sp³-hybridized carbons (Fsp3) is 0.520. The highest BCUT2D eigenvalue weighted by molar-refractivity contribution is 5.91. The summed E-state index contributed by atoms with van der Waals surface area (Å²) in [4.78, 5) is 25.1. The summed E-state index contributed by atoms with van der Waals surface area (Å²) in [6, 6.07) is 9.34. The van der Waals surface area contributed by atoms with Gasteiger partial charge in [0, 0.05) is 11.5 Å². The summed E-state index contributed by atoms with van der Waals surface area (Å²) in [6.45, 7) is 10.1. The number of carbonyl (C=O) groups is 2. The van der Waals surface area contributed by atoms with E-state index in [0.717, 1.165) is 24.0 Å². The number of benzene rings is 1. The molecule has 4 rings (SSSR count). The van der Waals surface area contributed by atoms with Crippen LogP contribution in [-0.4, -0.2) is 42.5 Å². The number of rotatable bonds is 5. The van der Waals surface area contributed by atoms with E-state index in [2.05, 4.69) is 19.6 Å². The second-order valence-corrected chi connectivity index (χ2v) is 8.74. The molecule has 3 aliphatic rings. The molecule has 6 atom stereocenters. The Bertz CT molecular complexity index is 891. The SMILES string of the molecule is C=C1C(=O)O[C@@H]2[C@H]3O[C@]3(C)CC/C=C(\C)[C@@H](OC(C(=O)OCC)c3ccccc3)C[C@@H]12. The number of carbonyl (C=O) groups excluding carboxylic acids is 2. The van der Waals surface area contributed by atoms with Crippen LogP contribution in [0, 0.1) is 5.92 Å². The van der Waals surface area contributed by atoms with Crippen molar-refractivity contribution in [2.24, 2.45) is 5.92 Å². The van der Waals surface area contributed by atoms with Crippen molar-refractivity contribution in [2.45, 2.75) is 70.1 Å². The fourth-order valence-electron chi connectivity index (χ4n) is 4.63. The molecule has 2 fully saturated rings. The number of fused-ring (bicyclic) bond motifs is 3. The molecule has 2 saturated heterocycles. The second-order valence-electron chi connectivity index (χ2n) is 8.74. The topological polar surface area (TPSA) is 74.4 Å². The average Bonchev–Trinajstić information content (AvgIpc) is 3.34. The fourth-order valence-corrected chi connectivity index (χ4v) is 4.63. The van der Waals surface area contributed by atoms with Crippen molar-refractivity contribution in [3.8, 4) is 0 Å². The van der Waals surface area contributed by atoms with Gasteiger partial charge in [-0.1, -0.05) is 43.0 Å². The molecule has 1 aliphatic carbocycles. The van der Waals surface area contributed by atoms with Gasteiger partial charge in [0.1, 0.15) is 12.2 Å². The molecule has 0 aromatic heterocycles. The molecular weight excluding hydrogens is 396 g/mol. The molecule has 0 saturated carbocycles. The molecule has 1 unspecified atom stereocenters. The van der Waals surface area contributed by atoms with Crippen LogP contribution in [0.3, 0.4) is 0 Å². The van der Waals surface area contributed by atoms with Crippen LogP contribution < -0.4 is 0 Å². The maximum Gasteiger partial charge on any atom is 0.339 e. The van der Waals surface area contributed by atoms with Gasteiger partial charge in [-0.2, -0.15) is 0 Å². The molecule has 2 aliphatic heterocycles. The van der Waals surface area contributed by atoms with E-state index < -0.39 is 18.2 Å². The van der Waals surface area contributed by atoms with Crippen LogP contribution in [0.25, 0.3) is 0 Å². The minimum Gasteiger partial charge on any atom is -0.464 e. The molecular formula is C25H30O6. The minimum absolute atomic E-state index is 0.136. The van der Waals surface area contributed by atoms with Crippen LogP contribution in [0.2, 0.25) is 0 Å². The molecule has 166 valence electrons. The Labute approximate surface area is 183 Å². The summed E-state index contributed by atoms with van der Waals surface area (Å²) in [6.07, 6.45) is 2.51. The quantitative estimate of drug-likeness (QED) is 0.306. The third-order valence-electron chi connectivity index (χ3n) is 6.57. The molecule has 1 aromatic carbocycles. The third-order valence-corrected chi connectivity index (χ3v) is 6.57. The summed E-state index contributed by atoms with van der Waals surface area (Å²) in [7, 11) is 0. The first kappa shape index (κ1) is 21.8. The Morgan fingerprint density at radius 2 is 2.06 bits per heavy atom. The molecule has 0 spiro atoms. The Hall–Kier alpha value is -2.44. The lowest BCUT2D eigenvalue weighted by Crippen LogP contribution is -2.34. The van der Waals surface area contributed by atoms with Crippen LogP contribution in [-0.2, 0) is 28.5 Å². The van der Waals surface area contributed by atoms with Crippen molar-refractivity contribution in [1.82, 2.24) is 0 Å². The van der Waals surface area contributed by atoms with Gasteiger partial charge in [-0.25, -0.2) is 9.59 Å². The molecule has 0 N–H and O–H groups in total. The first-order chi connectivity index (χ1) is 14.8. The Morgan fingerprint density at radius 1 is 1.32 bits per heavy atom. The van der Waals surface area contributed by atoms with Gasteiger partial charge in [0.15, 0.2) is 6.10 Å². The van der Waals surface area contributed by atoms with E-state index in [9.17, 15) is 9.59 Å². The van der Waals surface area contributed by atoms with Crippen LogP contribution in [0.1, 0.15) is 51.7 Å². The van der Waals surface area contributed by atoms with Crippen molar-refractivity contribution in [3.63, 3.8) is 0 Å². The van der Waals surface area contributed by atoms with Crippen molar-refractivity contribution in [3.05, 3.63) is 59.7 Å². The standard InChI is InChI=1S/C25H30O6/c1-5-28-24(27)20(17-11-7-6-8-12-17)29-19-14-18-16(3)23(26)30-21(18)22-25(4,31-22)13-9-10-15(19)2/h6-8,10-12,18-22H,3,5,9,13-14H2,1-2,4H3/b15-10+/t18-,19-,20?,21-,22+,25+/m0/s1. The molecule has 6 nitrogen and oxygen atoms in total. The lowest BCUT2D eigenvalue weighted by Gasteiger charge is -2.29. The summed E-state index contributed by atoms with van der Waals surface area (Å²) >= 11 is 0. The first-order valence-electron chi connectivity index (χ1n) is 11.0. The van der Waals surface area contributed by atoms with E-state index in [0.29, 0.717) is 12.0 Å². The smallest absolute Gasteiger partial charge is 0.339 e. The Balaban J connectivity index is 1.64. The van der Waals surface area contributed by atoms with Gasteiger partial charge < -0.3 is 18.9 Å². The predicted octanol–water partition coefficient (Wildman–Crippen LogP) is 4.06. The number of esters is 2. The highest BCUT2D eigenvalue weighted by Crippen LogP contribution is 2.50. The van der Waals surface area contributed by atoms with Crippen molar-refractivity contribution < 1.29 is 28.5 Å². The minimum atomic E-state index is -0.857. The molecule has 31 heavy (non-hydrogen) atoms. The molecule has 0 radical (unpaired) electrons. The lowest BCUT2D eigenvalue weighted by atomic mass is 9.83. The highest BCUT2D eigenvalue weighted by Gasteiger charge is 2.61. The Kier molecular flexibility index (Phi) is 6.04. The zero-order valence-electron chi connectivity index (χ0n) is 18.3. The van der Waals surface area contributed by atoms with Crippen molar-refractivity contribution in [1.29, 1.82) is 0 Å². The van der Waals surface area contributed by atoms with Crippen LogP contribution >= 0.6 is 0 Å². The van der Waals surface area contributed by atoms with E-state index in [1.54, 1.807) is 6.92 Å². The third kappa shape index (κ3) is 4.32. The van der Waals surface area contributed by atoms with E-state index >= 15 is 0 Å². The summed E-state index contributed by atoms with van der Waals surface area (Å²) in [5.74, 6) is -1.03. The maximum absolute atomic E-state index is 12.8. The van der Waals surface area contributed by atoms with Gasteiger partial charge in [-0.3, -0.25) is 0 Å². The zero-order valence-corrected chi connectivity index (χ0v) is 18.3. The maximum atomic E-state index is 12.8. The first-order valence-corrected chi connectivity index (χ1v) is 11.0. The number of allylic oxidation sites excluding steroid dienone is 1. The monoisotopic (exact) mass is 426 g/mol. The summed E-state index contributed by atoms with van der Waals surface area (Å²) in [5, 5.41) is 0. The van der Waals surface area contributed by atoms with Gasteiger partial charge in [0.2, 0.25) is 0 Å². The number of hydrogen-bond donors (Lipinski definition) is 0. The molecule has 0 bridgehead atoms. The van der Waals surface area contributed by atoms with E-state index in [-0.39, 0.29) is 36.3 Å². The van der Waals surface area contributed by atoms with Gasteiger partial charge in [0.05, 0.1) is 18.3 Å². The highest BCUT2D eigenvalue weighted by atomic mass is 16.6. The number of epoxide rings is 1. The van der Waals surface area contributed by atoms with Crippen molar-refractivity contribution >= 4 is 11.9 Å². The largest absolute Gasteiger partial charge is 0.464 e. The zero-order chi connectivity index (χ0) is 22.2. The molecule has 0 amide bonds. The summed E-state index contributed by atoms with van der Waals surface area (Å²) < 4.78 is 23.3. The van der Waals surface area contributed by atoms with Gasteiger partial charge in [-0.05, 0) is 51.2 Å². The number of ether oxygens (including phenoxy) is 4. The van der Waals surface area contributed by atoms with Crippen molar-refractivity contribution in [2.75, 3.05) is 6.61 Å². The van der Waals surface area contributed by atoms with E-state index in [1.165, 1.54) is 0 Å². The second kappa shape index (κ2) is 8.60. The van der Waals surface area contributed by atoms with Crippen LogP contribution in [0.15, 0.2) is 54.1 Å². The normalized spacial score (nSPS) is 35.1. The van der Waals surface area contributed by atoms with Crippen LogP contribution in [0.4, 0.5) is 0 Å². The van der Waals surface area contributed by atoms with Crippen LogP contribution in [0.5, 0.6) is 0 Å². The summed E-state index contributed by atoms with van der Waals surface area (Å²) in [5.41, 5.74) is 1.91. The van der Waals surface area contributed by atoms with Gasteiger partial charge in [-0.15, -0.1) is 0 Å². The van der Waals surface area contributed by atoms with E-state index in [1.807, 2.05) is 37.3 Å². The Morgan fingerprint density at radius 3 is 2.77 bits per heavy atom. The molecule has 6 heteroatoms. The van der Waals surface area contributed by atoms with Gasteiger partial charge >= 0.3 is 11.9 Å². The number of hydrogen-bond acceptors (Lipinski definition) is 6. The average molecular weight is 427 g/mol.